The number of halogens is 1. The number of sulfonamides is 1. The largest absolute Gasteiger partial charge is 0.346 e. The van der Waals surface area contributed by atoms with Gasteiger partial charge in [0.15, 0.2) is 0 Å². The normalized spacial score (nSPS) is 15.3. The number of rotatable bonds is 8. The zero-order valence-corrected chi connectivity index (χ0v) is 20.0. The number of carbonyl (C=O) groups is 2. The van der Waals surface area contributed by atoms with Crippen LogP contribution in [0.2, 0.25) is 5.02 Å². The minimum absolute atomic E-state index is 0.00224. The lowest BCUT2D eigenvalue weighted by atomic mass is 10.1. The lowest BCUT2D eigenvalue weighted by Gasteiger charge is -2.20. The van der Waals surface area contributed by atoms with Gasteiger partial charge < -0.3 is 10.2 Å². The fourth-order valence-corrected chi connectivity index (χ4v) is 5.45. The summed E-state index contributed by atoms with van der Waals surface area (Å²) in [5.74, 6) is -0.306. The van der Waals surface area contributed by atoms with Gasteiger partial charge in [-0.2, -0.15) is 4.31 Å². The number of carbonyl (C=O) groups excluding carboxylic acids is 2. The van der Waals surface area contributed by atoms with E-state index in [0.29, 0.717) is 42.3 Å². The van der Waals surface area contributed by atoms with Crippen molar-refractivity contribution in [2.24, 2.45) is 0 Å². The fourth-order valence-electron chi connectivity index (χ4n) is 3.77. The van der Waals surface area contributed by atoms with Gasteiger partial charge in [0.05, 0.1) is 21.6 Å². The van der Waals surface area contributed by atoms with Crippen LogP contribution in [0, 0.1) is 0 Å². The minimum atomic E-state index is -3.53. The van der Waals surface area contributed by atoms with Crippen LogP contribution in [0.25, 0.3) is 0 Å². The zero-order valence-electron chi connectivity index (χ0n) is 18.5. The van der Waals surface area contributed by atoms with Crippen LogP contribution in [0.15, 0.2) is 47.4 Å². The van der Waals surface area contributed by atoms with Gasteiger partial charge in [0.25, 0.3) is 5.91 Å². The molecule has 3 rings (SSSR count). The predicted molar refractivity (Wildman–Crippen MR) is 125 cm³/mol. The highest BCUT2D eigenvalue weighted by molar-refractivity contribution is 7.89. The van der Waals surface area contributed by atoms with E-state index in [2.05, 4.69) is 5.32 Å². The van der Waals surface area contributed by atoms with Crippen molar-refractivity contribution in [2.45, 2.75) is 44.6 Å². The van der Waals surface area contributed by atoms with Gasteiger partial charge in [-0.3, -0.25) is 9.59 Å². The molecule has 0 aliphatic carbocycles. The van der Waals surface area contributed by atoms with Crippen LogP contribution >= 0.6 is 11.6 Å². The second-order valence-electron chi connectivity index (χ2n) is 7.67. The Hall–Kier alpha value is -2.42. The van der Waals surface area contributed by atoms with Crippen LogP contribution in [0.4, 0.5) is 5.69 Å². The SMILES string of the molecule is CCN(CC)S(=O)(=O)c1ccc([C@@H](C)NC(=O)c2ccc(Cl)c(N3CCCC3=O)c2)cc1. The monoisotopic (exact) mass is 477 g/mol. The van der Waals surface area contributed by atoms with Crippen molar-refractivity contribution in [3.63, 3.8) is 0 Å². The van der Waals surface area contributed by atoms with Crippen LogP contribution in [-0.2, 0) is 14.8 Å². The summed E-state index contributed by atoms with van der Waals surface area (Å²) in [7, 11) is -3.53. The number of benzene rings is 2. The number of hydrogen-bond donors (Lipinski definition) is 1. The molecule has 0 spiro atoms. The highest BCUT2D eigenvalue weighted by atomic mass is 35.5. The Kier molecular flexibility index (Phi) is 7.59. The number of hydrogen-bond acceptors (Lipinski definition) is 4. The summed E-state index contributed by atoms with van der Waals surface area (Å²) in [6.45, 7) is 6.82. The molecule has 2 aromatic carbocycles. The van der Waals surface area contributed by atoms with E-state index in [1.807, 2.05) is 6.92 Å². The van der Waals surface area contributed by atoms with Crippen LogP contribution in [0.1, 0.15) is 55.6 Å². The van der Waals surface area contributed by atoms with Gasteiger partial charge in [0.2, 0.25) is 15.9 Å². The Morgan fingerprint density at radius 2 is 1.81 bits per heavy atom. The molecule has 1 fully saturated rings. The van der Waals surface area contributed by atoms with Crippen LogP contribution < -0.4 is 10.2 Å². The predicted octanol–water partition coefficient (Wildman–Crippen LogP) is 3.99. The van der Waals surface area contributed by atoms with E-state index in [1.54, 1.807) is 61.2 Å². The highest BCUT2D eigenvalue weighted by Gasteiger charge is 2.25. The summed E-state index contributed by atoms with van der Waals surface area (Å²) in [4.78, 5) is 26.7. The van der Waals surface area contributed by atoms with Crippen molar-refractivity contribution in [3.8, 4) is 0 Å². The third-order valence-corrected chi connectivity index (χ3v) is 8.03. The smallest absolute Gasteiger partial charge is 0.251 e. The Balaban J connectivity index is 1.74. The summed E-state index contributed by atoms with van der Waals surface area (Å²) in [6.07, 6.45) is 1.24. The van der Waals surface area contributed by atoms with E-state index in [0.717, 1.165) is 12.0 Å². The van der Waals surface area contributed by atoms with Crippen molar-refractivity contribution in [1.82, 2.24) is 9.62 Å². The molecule has 0 unspecified atom stereocenters. The molecule has 2 amide bonds. The van der Waals surface area contributed by atoms with Crippen molar-refractivity contribution in [1.29, 1.82) is 0 Å². The molecule has 9 heteroatoms. The first kappa shape index (κ1) is 24.2. The molecule has 1 atom stereocenters. The molecule has 1 saturated heterocycles. The number of anilines is 1. The molecular formula is C23H28ClN3O4S. The molecule has 1 heterocycles. The van der Waals surface area contributed by atoms with Gasteiger partial charge in [0.1, 0.15) is 0 Å². The second-order valence-corrected chi connectivity index (χ2v) is 10.0. The average molecular weight is 478 g/mol. The Bertz CT molecular complexity index is 1100. The van der Waals surface area contributed by atoms with Gasteiger partial charge in [-0.1, -0.05) is 37.6 Å². The maximum atomic E-state index is 12.8. The minimum Gasteiger partial charge on any atom is -0.346 e. The average Bonchev–Trinajstić information content (AvgIpc) is 3.20. The van der Waals surface area contributed by atoms with E-state index in [-0.39, 0.29) is 22.8 Å². The van der Waals surface area contributed by atoms with Crippen molar-refractivity contribution < 1.29 is 18.0 Å². The molecule has 0 saturated carbocycles. The summed E-state index contributed by atoms with van der Waals surface area (Å²) in [5.41, 5.74) is 1.72. The van der Waals surface area contributed by atoms with Gasteiger partial charge in [-0.05, 0) is 49.2 Å². The van der Waals surface area contributed by atoms with E-state index in [4.69, 9.17) is 11.6 Å². The van der Waals surface area contributed by atoms with E-state index < -0.39 is 10.0 Å². The second kappa shape index (κ2) is 10.0. The van der Waals surface area contributed by atoms with Gasteiger partial charge in [-0.15, -0.1) is 0 Å². The zero-order chi connectivity index (χ0) is 23.5. The molecule has 1 aliphatic rings. The summed E-state index contributed by atoms with van der Waals surface area (Å²) >= 11 is 6.26. The Labute approximate surface area is 194 Å². The van der Waals surface area contributed by atoms with Gasteiger partial charge >= 0.3 is 0 Å². The van der Waals surface area contributed by atoms with E-state index in [1.165, 1.54) is 4.31 Å². The van der Waals surface area contributed by atoms with Crippen molar-refractivity contribution >= 4 is 39.1 Å². The molecule has 0 radical (unpaired) electrons. The van der Waals surface area contributed by atoms with Crippen molar-refractivity contribution in [2.75, 3.05) is 24.5 Å². The maximum Gasteiger partial charge on any atom is 0.251 e. The summed E-state index contributed by atoms with van der Waals surface area (Å²) < 4.78 is 26.7. The van der Waals surface area contributed by atoms with Crippen LogP contribution in [0.5, 0.6) is 0 Å². The lowest BCUT2D eigenvalue weighted by molar-refractivity contribution is -0.117. The van der Waals surface area contributed by atoms with Gasteiger partial charge in [0, 0.05) is 31.6 Å². The van der Waals surface area contributed by atoms with Gasteiger partial charge in [-0.25, -0.2) is 8.42 Å². The summed E-state index contributed by atoms with van der Waals surface area (Å²) in [6, 6.07) is 11.1. The Morgan fingerprint density at radius 3 is 2.38 bits per heavy atom. The molecule has 32 heavy (non-hydrogen) atoms. The number of amides is 2. The first-order valence-corrected chi connectivity index (χ1v) is 12.5. The third kappa shape index (κ3) is 4.98. The van der Waals surface area contributed by atoms with Crippen LogP contribution in [-0.4, -0.2) is 44.2 Å². The molecule has 1 aliphatic heterocycles. The highest BCUT2D eigenvalue weighted by Crippen LogP contribution is 2.30. The summed E-state index contributed by atoms with van der Waals surface area (Å²) in [5, 5.41) is 3.34. The quantitative estimate of drug-likeness (QED) is 0.622. The molecule has 0 aromatic heterocycles. The van der Waals surface area contributed by atoms with E-state index >= 15 is 0 Å². The first-order valence-electron chi connectivity index (χ1n) is 10.7. The molecule has 7 nitrogen and oxygen atoms in total. The molecule has 1 N–H and O–H groups in total. The standard InChI is InChI=1S/C23H28ClN3O4S/c1-4-26(5-2)32(30,31)19-11-8-17(9-12-19)16(3)25-23(29)18-10-13-20(24)21(15-18)27-14-6-7-22(27)28/h8-13,15-16H,4-7,14H2,1-3H3,(H,25,29)/t16-/m1/s1. The molecule has 2 aromatic rings. The first-order chi connectivity index (χ1) is 15.2. The molecule has 172 valence electrons. The third-order valence-electron chi connectivity index (χ3n) is 5.64. The topological polar surface area (TPSA) is 86.8 Å². The maximum absolute atomic E-state index is 12.8. The fraction of sp³-hybridized carbons (Fsp3) is 0.391. The van der Waals surface area contributed by atoms with Crippen LogP contribution in [0.3, 0.4) is 0 Å². The number of nitrogens with one attached hydrogen (secondary N) is 1. The molecular weight excluding hydrogens is 450 g/mol. The molecule has 0 bridgehead atoms. The lowest BCUT2D eigenvalue weighted by Crippen LogP contribution is -2.30. The Morgan fingerprint density at radius 1 is 1.16 bits per heavy atom. The van der Waals surface area contributed by atoms with Crippen molar-refractivity contribution in [3.05, 3.63) is 58.6 Å². The number of nitrogens with zero attached hydrogens (tertiary/aromatic N) is 2. The van der Waals surface area contributed by atoms with E-state index in [9.17, 15) is 18.0 Å².